The molecule has 3 heterocycles. The van der Waals surface area contributed by atoms with Crippen LogP contribution in [0.4, 0.5) is 4.79 Å². The van der Waals surface area contributed by atoms with Crippen LogP contribution in [-0.2, 0) is 27.8 Å². The lowest BCUT2D eigenvalue weighted by Gasteiger charge is -2.31. The van der Waals surface area contributed by atoms with Crippen molar-refractivity contribution in [3.8, 4) is 0 Å². The van der Waals surface area contributed by atoms with Gasteiger partial charge in [-0.15, -0.1) is 22.7 Å². The number of rotatable bonds is 14. The molecule has 1 saturated heterocycles. The van der Waals surface area contributed by atoms with Crippen molar-refractivity contribution in [3.05, 3.63) is 76.2 Å². The maximum atomic E-state index is 14.0. The Labute approximate surface area is 265 Å². The van der Waals surface area contributed by atoms with Crippen LogP contribution in [0.25, 0.3) is 10.2 Å². The van der Waals surface area contributed by atoms with E-state index in [2.05, 4.69) is 20.6 Å². The van der Waals surface area contributed by atoms with Crippen LogP contribution >= 0.6 is 22.7 Å². The fourth-order valence-electron chi connectivity index (χ4n) is 5.05. The predicted octanol–water partition coefficient (Wildman–Crippen LogP) is 3.47. The number of aliphatic hydroxyl groups is 1. The number of sulfonamides is 1. The highest BCUT2D eigenvalue weighted by Crippen LogP contribution is 2.26. The van der Waals surface area contributed by atoms with Gasteiger partial charge in [0.05, 0.1) is 51.4 Å². The third-order valence-corrected chi connectivity index (χ3v) is 11.2. The summed E-state index contributed by atoms with van der Waals surface area (Å²) in [6, 6.07) is 12.2. The Kier molecular flexibility index (Phi) is 10.3. The first-order chi connectivity index (χ1) is 21.1. The largest absolute Gasteiger partial charge is 0.390 e. The molecular weight excluding hydrogens is 621 g/mol. The van der Waals surface area contributed by atoms with Crippen LogP contribution in [0, 0.1) is 5.92 Å². The van der Waals surface area contributed by atoms with Crippen LogP contribution in [0.1, 0.15) is 30.7 Å². The Hall–Kier alpha value is -3.43. The van der Waals surface area contributed by atoms with Gasteiger partial charge >= 0.3 is 6.03 Å². The van der Waals surface area contributed by atoms with E-state index in [9.17, 15) is 23.1 Å². The summed E-state index contributed by atoms with van der Waals surface area (Å²) in [5.74, 6) is -0.415. The third-order valence-electron chi connectivity index (χ3n) is 7.77. The van der Waals surface area contributed by atoms with Crippen molar-refractivity contribution in [2.45, 2.75) is 56.3 Å². The average Bonchev–Trinajstić information content (AvgIpc) is 3.78. The van der Waals surface area contributed by atoms with Crippen LogP contribution < -0.4 is 10.6 Å². The highest BCUT2D eigenvalue weighted by Gasteiger charge is 2.37. The van der Waals surface area contributed by atoms with E-state index >= 15 is 0 Å². The van der Waals surface area contributed by atoms with Crippen molar-refractivity contribution in [3.63, 3.8) is 0 Å². The number of urea groups is 1. The molecule has 0 unspecified atom stereocenters. The fraction of sp³-hybridized carbons (Fsp3) is 0.400. The first-order valence-corrected chi connectivity index (χ1v) is 17.6. The summed E-state index contributed by atoms with van der Waals surface area (Å²) in [6.45, 7) is 4.43. The van der Waals surface area contributed by atoms with Crippen LogP contribution in [0.5, 0.6) is 0 Å². The van der Waals surface area contributed by atoms with Crippen molar-refractivity contribution >= 4 is 54.9 Å². The van der Waals surface area contributed by atoms with Gasteiger partial charge in [0.25, 0.3) is 0 Å². The zero-order valence-corrected chi connectivity index (χ0v) is 26.9. The fourth-order valence-corrected chi connectivity index (χ4v) is 8.05. The topological polar surface area (TPSA) is 145 Å². The van der Waals surface area contributed by atoms with Crippen LogP contribution in [0.3, 0.4) is 0 Å². The van der Waals surface area contributed by atoms with Gasteiger partial charge < -0.3 is 20.6 Å². The SMILES string of the molecule is CC[C@H](C)CN(C[C@@H](O)[C@H](Cc1ccccc1)NC(=O)[C@@H]1CN(Cc2cncs2)C(=O)N1)S(=O)(=O)c1ccc2ncsc2c1. The molecular formula is C30H36N6O5S3. The van der Waals surface area contributed by atoms with Gasteiger partial charge in [-0.3, -0.25) is 9.78 Å². The van der Waals surface area contributed by atoms with E-state index in [0.717, 1.165) is 27.1 Å². The number of amides is 3. The normalized spacial score (nSPS) is 17.5. The predicted molar refractivity (Wildman–Crippen MR) is 171 cm³/mol. The number of hydrogen-bond acceptors (Lipinski definition) is 9. The van der Waals surface area contributed by atoms with Crippen molar-refractivity contribution < 1.29 is 23.1 Å². The van der Waals surface area contributed by atoms with Crippen LogP contribution in [0.2, 0.25) is 0 Å². The second kappa shape index (κ2) is 14.1. The molecule has 4 aromatic rings. The van der Waals surface area contributed by atoms with E-state index in [1.807, 2.05) is 44.2 Å². The lowest BCUT2D eigenvalue weighted by molar-refractivity contribution is -0.124. The first kappa shape index (κ1) is 32.0. The Morgan fingerprint density at radius 2 is 1.98 bits per heavy atom. The number of nitrogens with one attached hydrogen (secondary N) is 2. The number of aromatic nitrogens is 2. The van der Waals surface area contributed by atoms with Gasteiger partial charge in [0.1, 0.15) is 6.04 Å². The molecule has 0 aliphatic carbocycles. The minimum Gasteiger partial charge on any atom is -0.390 e. The summed E-state index contributed by atoms with van der Waals surface area (Å²) >= 11 is 2.79. The average molecular weight is 657 g/mol. The molecule has 1 aliphatic rings. The smallest absolute Gasteiger partial charge is 0.318 e. The molecule has 11 nitrogen and oxygen atoms in total. The summed E-state index contributed by atoms with van der Waals surface area (Å²) < 4.78 is 30.0. The highest BCUT2D eigenvalue weighted by molar-refractivity contribution is 7.89. The van der Waals surface area contributed by atoms with E-state index < -0.39 is 34.1 Å². The molecule has 3 N–H and O–H groups in total. The number of carbonyl (C=O) groups is 2. The van der Waals surface area contributed by atoms with E-state index in [1.165, 1.54) is 33.0 Å². The standard InChI is InChI=1S/C30H36N6O5S3/c1-3-20(2)14-36(44(40,41)23-9-10-24-28(12-23)43-19-32-24)17-27(37)25(11-21-7-5-4-6-8-21)33-29(38)26-16-35(30(39)34-26)15-22-13-31-18-42-22/h4-10,12-13,18-20,25-27,37H,3,11,14-17H2,1-2H3,(H,33,38)(H,34,39)/t20-,25-,26-,27+/m0/s1. The van der Waals surface area contributed by atoms with Gasteiger partial charge in [-0.2, -0.15) is 4.31 Å². The monoisotopic (exact) mass is 656 g/mol. The van der Waals surface area contributed by atoms with Gasteiger partial charge in [0.2, 0.25) is 15.9 Å². The molecule has 0 radical (unpaired) electrons. The minimum absolute atomic E-state index is 0.0319. The summed E-state index contributed by atoms with van der Waals surface area (Å²) in [4.78, 5) is 36.9. The first-order valence-electron chi connectivity index (χ1n) is 14.4. The van der Waals surface area contributed by atoms with Gasteiger partial charge in [0, 0.05) is 24.2 Å². The van der Waals surface area contributed by atoms with Gasteiger partial charge in [0.15, 0.2) is 0 Å². The lowest BCUT2D eigenvalue weighted by atomic mass is 10.00. The molecule has 1 aliphatic heterocycles. The van der Waals surface area contributed by atoms with E-state index in [4.69, 9.17) is 0 Å². The van der Waals surface area contributed by atoms with Crippen molar-refractivity contribution in [1.82, 2.24) is 29.8 Å². The Balaban J connectivity index is 1.35. The van der Waals surface area contributed by atoms with Crippen molar-refractivity contribution in [2.75, 3.05) is 19.6 Å². The molecule has 1 fully saturated rings. The molecule has 234 valence electrons. The van der Waals surface area contributed by atoms with E-state index in [0.29, 0.717) is 6.54 Å². The molecule has 0 bridgehead atoms. The minimum atomic E-state index is -3.99. The number of aliphatic hydroxyl groups excluding tert-OH is 1. The van der Waals surface area contributed by atoms with Crippen molar-refractivity contribution in [1.29, 1.82) is 0 Å². The molecule has 4 atom stereocenters. The number of hydrogen-bond donors (Lipinski definition) is 3. The highest BCUT2D eigenvalue weighted by atomic mass is 32.2. The molecule has 2 aromatic heterocycles. The lowest BCUT2D eigenvalue weighted by Crippen LogP contribution is -2.54. The summed E-state index contributed by atoms with van der Waals surface area (Å²) in [6.07, 6.45) is 1.46. The zero-order chi connectivity index (χ0) is 31.3. The summed E-state index contributed by atoms with van der Waals surface area (Å²) in [7, 11) is -3.99. The number of thiazole rings is 2. The molecule has 3 amide bonds. The second-order valence-corrected chi connectivity index (χ2v) is 14.8. The summed E-state index contributed by atoms with van der Waals surface area (Å²) in [5, 5.41) is 17.3. The molecule has 2 aromatic carbocycles. The second-order valence-electron chi connectivity index (χ2n) is 11.0. The quantitative estimate of drug-likeness (QED) is 0.189. The van der Waals surface area contributed by atoms with Crippen LogP contribution in [0.15, 0.2) is 70.6 Å². The van der Waals surface area contributed by atoms with E-state index in [1.54, 1.807) is 34.3 Å². The van der Waals surface area contributed by atoms with Gasteiger partial charge in [-0.1, -0.05) is 50.6 Å². The molecule has 0 saturated carbocycles. The van der Waals surface area contributed by atoms with E-state index in [-0.39, 0.29) is 42.9 Å². The Morgan fingerprint density at radius 3 is 2.70 bits per heavy atom. The molecule has 44 heavy (non-hydrogen) atoms. The van der Waals surface area contributed by atoms with Gasteiger partial charge in [-0.25, -0.2) is 18.2 Å². The van der Waals surface area contributed by atoms with Crippen molar-refractivity contribution in [2.24, 2.45) is 5.92 Å². The van der Waals surface area contributed by atoms with Gasteiger partial charge in [-0.05, 0) is 36.1 Å². The third kappa shape index (κ3) is 7.61. The molecule has 0 spiro atoms. The van der Waals surface area contributed by atoms with Crippen LogP contribution in [-0.4, -0.2) is 82.5 Å². The zero-order valence-electron chi connectivity index (χ0n) is 24.5. The number of carbonyl (C=O) groups excluding carboxylic acids is 2. The maximum absolute atomic E-state index is 14.0. The maximum Gasteiger partial charge on any atom is 0.318 e. The Morgan fingerprint density at radius 1 is 1.18 bits per heavy atom. The summed E-state index contributed by atoms with van der Waals surface area (Å²) in [5.41, 5.74) is 4.94. The number of nitrogens with zero attached hydrogens (tertiary/aromatic N) is 4. The Bertz CT molecular complexity index is 1660. The number of fused-ring (bicyclic) bond motifs is 1. The molecule has 14 heteroatoms. The number of benzene rings is 2. The molecule has 5 rings (SSSR count).